The van der Waals surface area contributed by atoms with Gasteiger partial charge in [-0.05, 0) is 42.0 Å². The van der Waals surface area contributed by atoms with Crippen LogP contribution in [0.25, 0.3) is 10.8 Å². The van der Waals surface area contributed by atoms with Crippen molar-refractivity contribution in [3.05, 3.63) is 89.2 Å². The molecular formula is C23H24O6. The second kappa shape index (κ2) is 9.94. The Labute approximate surface area is 169 Å². The van der Waals surface area contributed by atoms with Gasteiger partial charge in [0.2, 0.25) is 0 Å². The summed E-state index contributed by atoms with van der Waals surface area (Å²) in [6, 6.07) is 8.17. The molecule has 2 aromatic rings. The lowest BCUT2D eigenvalue weighted by Gasteiger charge is -2.12. The molecule has 0 heterocycles. The van der Waals surface area contributed by atoms with E-state index in [9.17, 15) is 30.0 Å². The lowest BCUT2D eigenvalue weighted by atomic mass is 9.93. The van der Waals surface area contributed by atoms with Crippen molar-refractivity contribution >= 4 is 22.7 Å². The summed E-state index contributed by atoms with van der Waals surface area (Å²) in [5.41, 5.74) is 0.585. The van der Waals surface area contributed by atoms with Crippen LogP contribution in [0.15, 0.2) is 78.1 Å². The first kappa shape index (κ1) is 23.2. The fourth-order valence-corrected chi connectivity index (χ4v) is 2.82. The number of benzene rings is 2. The number of carboxylic acid groups (broad SMARTS) is 2. The molecule has 0 aromatic heterocycles. The SMILES string of the molecule is C.C=C/C=C/C(=C/C(C(=O)O)=C(/C)O)Cc1cc(C(=O)O)c(O)c2ccccc12. The first-order valence-corrected chi connectivity index (χ1v) is 8.36. The zero-order valence-electron chi connectivity index (χ0n) is 15.2. The molecule has 0 saturated heterocycles. The molecule has 0 radical (unpaired) electrons. The standard InChI is InChI=1S/C22H20O6.CH4/c1-3-4-7-14(11-18(13(2)23)21(25)26)10-15-12-19(22(27)28)20(24)17-9-6-5-8-16(15)17;/h3-9,11-12,23-24H,1,10H2,2H3,(H,25,26)(H,27,28);1H4/b7-4+,14-11-,18-13+;. The van der Waals surface area contributed by atoms with E-state index in [0.29, 0.717) is 21.9 Å². The summed E-state index contributed by atoms with van der Waals surface area (Å²) in [4.78, 5) is 22.9. The lowest BCUT2D eigenvalue weighted by molar-refractivity contribution is -0.132. The van der Waals surface area contributed by atoms with E-state index in [1.54, 1.807) is 36.4 Å². The van der Waals surface area contributed by atoms with Gasteiger partial charge in [0.25, 0.3) is 0 Å². The Morgan fingerprint density at radius 1 is 1.10 bits per heavy atom. The number of hydrogen-bond acceptors (Lipinski definition) is 4. The van der Waals surface area contributed by atoms with Crippen molar-refractivity contribution in [1.82, 2.24) is 0 Å². The third-order valence-electron chi connectivity index (χ3n) is 4.12. The van der Waals surface area contributed by atoms with Crippen LogP contribution in [0.5, 0.6) is 5.75 Å². The van der Waals surface area contributed by atoms with Gasteiger partial charge in [-0.2, -0.15) is 0 Å². The average molecular weight is 396 g/mol. The zero-order chi connectivity index (χ0) is 20.8. The highest BCUT2D eigenvalue weighted by molar-refractivity contribution is 6.02. The topological polar surface area (TPSA) is 115 Å². The highest BCUT2D eigenvalue weighted by Crippen LogP contribution is 2.33. The molecule has 0 amide bonds. The number of aromatic carboxylic acids is 1. The smallest absolute Gasteiger partial charge is 0.339 e. The van der Waals surface area contributed by atoms with Crippen LogP contribution in [-0.2, 0) is 11.2 Å². The molecule has 0 bridgehead atoms. The van der Waals surface area contributed by atoms with Crippen LogP contribution in [0.1, 0.15) is 30.3 Å². The molecule has 2 aromatic carbocycles. The van der Waals surface area contributed by atoms with Crippen molar-refractivity contribution in [3.63, 3.8) is 0 Å². The number of carboxylic acids is 2. The van der Waals surface area contributed by atoms with Crippen LogP contribution in [0.3, 0.4) is 0 Å². The minimum atomic E-state index is -1.29. The van der Waals surface area contributed by atoms with Gasteiger partial charge in [-0.15, -0.1) is 0 Å². The summed E-state index contributed by atoms with van der Waals surface area (Å²) in [5, 5.41) is 39.6. The van der Waals surface area contributed by atoms with E-state index in [0.717, 1.165) is 0 Å². The number of aliphatic hydroxyl groups is 1. The molecule has 152 valence electrons. The Morgan fingerprint density at radius 3 is 2.24 bits per heavy atom. The van der Waals surface area contributed by atoms with E-state index in [2.05, 4.69) is 6.58 Å². The van der Waals surface area contributed by atoms with Gasteiger partial charge in [-0.25, -0.2) is 9.59 Å². The fraction of sp³-hybridized carbons (Fsp3) is 0.130. The van der Waals surface area contributed by atoms with E-state index in [4.69, 9.17) is 0 Å². The Hall–Kier alpha value is -3.80. The second-order valence-corrected chi connectivity index (χ2v) is 6.08. The summed E-state index contributed by atoms with van der Waals surface area (Å²) in [5.74, 6) is -3.23. The third-order valence-corrected chi connectivity index (χ3v) is 4.12. The van der Waals surface area contributed by atoms with Crippen LogP contribution in [0.4, 0.5) is 0 Å². The summed E-state index contributed by atoms with van der Waals surface area (Å²) in [6.07, 6.45) is 6.25. The molecule has 0 unspecified atom stereocenters. The van der Waals surface area contributed by atoms with Gasteiger partial charge in [0.15, 0.2) is 0 Å². The first-order valence-electron chi connectivity index (χ1n) is 8.36. The van der Waals surface area contributed by atoms with Crippen molar-refractivity contribution < 1.29 is 30.0 Å². The summed E-state index contributed by atoms with van der Waals surface area (Å²) >= 11 is 0. The molecular weight excluding hydrogens is 372 g/mol. The number of aliphatic carboxylic acids is 1. The molecule has 0 spiro atoms. The van der Waals surface area contributed by atoms with Crippen LogP contribution in [0, 0.1) is 0 Å². The number of carbonyl (C=O) groups is 2. The van der Waals surface area contributed by atoms with Gasteiger partial charge in [0, 0.05) is 5.39 Å². The fourth-order valence-electron chi connectivity index (χ4n) is 2.82. The summed E-state index contributed by atoms with van der Waals surface area (Å²) in [7, 11) is 0. The van der Waals surface area contributed by atoms with Crippen LogP contribution in [0.2, 0.25) is 0 Å². The van der Waals surface area contributed by atoms with Crippen molar-refractivity contribution in [2.75, 3.05) is 0 Å². The minimum Gasteiger partial charge on any atom is -0.512 e. The summed E-state index contributed by atoms with van der Waals surface area (Å²) in [6.45, 7) is 4.86. The summed E-state index contributed by atoms with van der Waals surface area (Å²) < 4.78 is 0. The molecule has 0 aliphatic carbocycles. The normalized spacial score (nSPS) is 12.4. The number of allylic oxidation sites excluding steroid dienone is 5. The van der Waals surface area contributed by atoms with Gasteiger partial charge < -0.3 is 20.4 Å². The molecule has 29 heavy (non-hydrogen) atoms. The minimum absolute atomic E-state index is 0. The van der Waals surface area contributed by atoms with Crippen molar-refractivity contribution in [3.8, 4) is 5.75 Å². The van der Waals surface area contributed by atoms with Crippen molar-refractivity contribution in [2.45, 2.75) is 20.8 Å². The number of aromatic hydroxyl groups is 1. The highest BCUT2D eigenvalue weighted by atomic mass is 16.4. The number of aliphatic hydroxyl groups excluding tert-OH is 1. The largest absolute Gasteiger partial charge is 0.512 e. The average Bonchev–Trinajstić information content (AvgIpc) is 2.65. The molecule has 6 nitrogen and oxygen atoms in total. The number of phenols is 1. The molecule has 0 atom stereocenters. The molecule has 0 aliphatic heterocycles. The number of hydrogen-bond donors (Lipinski definition) is 4. The maximum Gasteiger partial charge on any atom is 0.339 e. The quantitative estimate of drug-likeness (QED) is 0.297. The van der Waals surface area contributed by atoms with Crippen LogP contribution < -0.4 is 0 Å². The van der Waals surface area contributed by atoms with Crippen LogP contribution in [-0.4, -0.2) is 32.4 Å². The predicted octanol–water partition coefficient (Wildman–Crippen LogP) is 5.01. The Kier molecular flexibility index (Phi) is 7.97. The van der Waals surface area contributed by atoms with Crippen molar-refractivity contribution in [2.24, 2.45) is 0 Å². The van der Waals surface area contributed by atoms with Gasteiger partial charge in [0.05, 0.1) is 5.57 Å². The van der Waals surface area contributed by atoms with Gasteiger partial charge in [-0.1, -0.05) is 56.5 Å². The molecule has 0 saturated carbocycles. The Bertz CT molecular complexity index is 1040. The molecule has 2 rings (SSSR count). The second-order valence-electron chi connectivity index (χ2n) is 6.08. The van der Waals surface area contributed by atoms with Crippen LogP contribution >= 0.6 is 0 Å². The maximum atomic E-state index is 11.5. The predicted molar refractivity (Wildman–Crippen MR) is 113 cm³/mol. The number of fused-ring (bicyclic) bond motifs is 1. The molecule has 6 heteroatoms. The maximum absolute atomic E-state index is 11.5. The molecule has 0 aliphatic rings. The number of rotatable bonds is 7. The van der Waals surface area contributed by atoms with E-state index in [-0.39, 0.29) is 36.5 Å². The van der Waals surface area contributed by atoms with Gasteiger partial charge >= 0.3 is 11.9 Å². The van der Waals surface area contributed by atoms with E-state index in [1.807, 2.05) is 0 Å². The lowest BCUT2D eigenvalue weighted by Crippen LogP contribution is -2.04. The first-order chi connectivity index (χ1) is 13.3. The Balaban J connectivity index is 0.00000420. The van der Waals surface area contributed by atoms with Gasteiger partial charge in [-0.3, -0.25) is 0 Å². The molecule has 0 fully saturated rings. The highest BCUT2D eigenvalue weighted by Gasteiger charge is 2.17. The van der Waals surface area contributed by atoms with Gasteiger partial charge in [0.1, 0.15) is 17.1 Å². The monoisotopic (exact) mass is 396 g/mol. The molecule has 4 N–H and O–H groups in total. The zero-order valence-corrected chi connectivity index (χ0v) is 15.2. The van der Waals surface area contributed by atoms with E-state index >= 15 is 0 Å². The van der Waals surface area contributed by atoms with E-state index in [1.165, 1.54) is 25.1 Å². The Morgan fingerprint density at radius 2 is 1.72 bits per heavy atom. The van der Waals surface area contributed by atoms with E-state index < -0.39 is 11.9 Å². The third kappa shape index (κ3) is 5.35. The van der Waals surface area contributed by atoms with Crippen molar-refractivity contribution in [1.29, 1.82) is 0 Å².